The first-order chi connectivity index (χ1) is 9.50. The van der Waals surface area contributed by atoms with Crippen LogP contribution in [0.25, 0.3) is 0 Å². The van der Waals surface area contributed by atoms with Gasteiger partial charge in [-0.05, 0) is 43.7 Å². The first-order valence-corrected chi connectivity index (χ1v) is 7.55. The molecule has 1 aromatic carbocycles. The molecule has 0 amide bonds. The largest absolute Gasteiger partial charge is 0.491 e. The molecule has 3 nitrogen and oxygen atoms in total. The zero-order valence-electron chi connectivity index (χ0n) is 13.3. The summed E-state index contributed by atoms with van der Waals surface area (Å²) in [6.07, 6.45) is 1.94. The lowest BCUT2D eigenvalue weighted by Crippen LogP contribution is -2.19. The van der Waals surface area contributed by atoms with Crippen LogP contribution in [0.1, 0.15) is 38.3 Å². The highest BCUT2D eigenvalue weighted by atomic mass is 16.5. The van der Waals surface area contributed by atoms with Crippen LogP contribution in [0, 0.1) is 12.8 Å². The van der Waals surface area contributed by atoms with Gasteiger partial charge in [-0.1, -0.05) is 32.0 Å². The van der Waals surface area contributed by atoms with Gasteiger partial charge in [0.15, 0.2) is 0 Å². The Labute approximate surface area is 123 Å². The van der Waals surface area contributed by atoms with Gasteiger partial charge in [-0.2, -0.15) is 0 Å². The van der Waals surface area contributed by atoms with E-state index in [1.165, 1.54) is 5.56 Å². The zero-order valence-corrected chi connectivity index (χ0v) is 13.3. The lowest BCUT2D eigenvalue weighted by Gasteiger charge is -2.15. The third kappa shape index (κ3) is 6.40. The topological polar surface area (TPSA) is 44.5 Å². The number of rotatable bonds is 9. The Morgan fingerprint density at radius 1 is 1.10 bits per heavy atom. The van der Waals surface area contributed by atoms with Gasteiger partial charge < -0.3 is 15.2 Å². The maximum atomic E-state index is 5.90. The van der Waals surface area contributed by atoms with Gasteiger partial charge in [0.25, 0.3) is 0 Å². The second-order valence-electron chi connectivity index (χ2n) is 5.89. The number of aryl methyl sites for hydroxylation is 1. The Hall–Kier alpha value is -1.06. The highest BCUT2D eigenvalue weighted by Gasteiger charge is 2.08. The van der Waals surface area contributed by atoms with E-state index in [2.05, 4.69) is 39.0 Å². The van der Waals surface area contributed by atoms with E-state index in [-0.39, 0.29) is 6.04 Å². The van der Waals surface area contributed by atoms with E-state index >= 15 is 0 Å². The van der Waals surface area contributed by atoms with Gasteiger partial charge in [-0.15, -0.1) is 0 Å². The number of hydrogen-bond donors (Lipinski definition) is 1. The van der Waals surface area contributed by atoms with Crippen molar-refractivity contribution in [2.45, 2.75) is 46.6 Å². The van der Waals surface area contributed by atoms with Crippen molar-refractivity contribution in [3.05, 3.63) is 29.3 Å². The predicted molar refractivity (Wildman–Crippen MR) is 84.3 cm³/mol. The molecule has 0 spiro atoms. The van der Waals surface area contributed by atoms with E-state index in [0.717, 1.165) is 30.8 Å². The molecule has 0 radical (unpaired) electrons. The van der Waals surface area contributed by atoms with Crippen molar-refractivity contribution >= 4 is 0 Å². The molecule has 0 saturated heterocycles. The van der Waals surface area contributed by atoms with Crippen LogP contribution in [-0.2, 0) is 11.2 Å². The maximum Gasteiger partial charge on any atom is 0.125 e. The summed E-state index contributed by atoms with van der Waals surface area (Å²) in [6, 6.07) is 6.35. The molecule has 114 valence electrons. The number of hydrogen-bond acceptors (Lipinski definition) is 3. The molecule has 0 aliphatic rings. The number of benzene rings is 1. The molecule has 0 aliphatic heterocycles. The van der Waals surface area contributed by atoms with Crippen LogP contribution in [0.3, 0.4) is 0 Å². The van der Waals surface area contributed by atoms with Crippen molar-refractivity contribution in [2.75, 3.05) is 19.8 Å². The summed E-state index contributed by atoms with van der Waals surface area (Å²) in [4.78, 5) is 0. The third-order valence-corrected chi connectivity index (χ3v) is 3.15. The summed E-state index contributed by atoms with van der Waals surface area (Å²) in [5, 5.41) is 0. The summed E-state index contributed by atoms with van der Waals surface area (Å²) < 4.78 is 11.5. The van der Waals surface area contributed by atoms with Gasteiger partial charge >= 0.3 is 0 Å². The normalized spacial score (nSPS) is 12.7. The molecule has 1 aromatic rings. The molecular weight excluding hydrogens is 250 g/mol. The fourth-order valence-corrected chi connectivity index (χ4v) is 2.05. The minimum atomic E-state index is 0.140. The van der Waals surface area contributed by atoms with Crippen LogP contribution in [0.15, 0.2) is 18.2 Å². The van der Waals surface area contributed by atoms with Crippen molar-refractivity contribution < 1.29 is 9.47 Å². The molecule has 1 rings (SSSR count). The fourth-order valence-electron chi connectivity index (χ4n) is 2.05. The molecule has 0 aliphatic carbocycles. The number of nitrogens with two attached hydrogens (primary N) is 1. The molecule has 0 heterocycles. The quantitative estimate of drug-likeness (QED) is 0.705. The Morgan fingerprint density at radius 2 is 1.85 bits per heavy atom. The first kappa shape index (κ1) is 17.0. The van der Waals surface area contributed by atoms with E-state index < -0.39 is 0 Å². The second kappa shape index (κ2) is 8.98. The van der Waals surface area contributed by atoms with E-state index in [0.29, 0.717) is 19.1 Å². The molecule has 3 heteroatoms. The van der Waals surface area contributed by atoms with Crippen LogP contribution in [-0.4, -0.2) is 25.9 Å². The Morgan fingerprint density at radius 3 is 2.50 bits per heavy atom. The molecule has 1 atom stereocenters. The monoisotopic (exact) mass is 279 g/mol. The summed E-state index contributed by atoms with van der Waals surface area (Å²) in [7, 11) is 0. The van der Waals surface area contributed by atoms with E-state index in [4.69, 9.17) is 15.2 Å². The SMILES string of the molecule is Cc1cccc(CC(C)N)c1OCCOCCC(C)C. The second-order valence-corrected chi connectivity index (χ2v) is 5.89. The Kier molecular flexibility index (Phi) is 7.63. The summed E-state index contributed by atoms with van der Waals surface area (Å²) in [5.41, 5.74) is 8.23. The van der Waals surface area contributed by atoms with E-state index in [1.54, 1.807) is 0 Å². The van der Waals surface area contributed by atoms with Gasteiger partial charge in [-0.3, -0.25) is 0 Å². The number of para-hydroxylation sites is 1. The van der Waals surface area contributed by atoms with Crippen molar-refractivity contribution in [3.63, 3.8) is 0 Å². The molecule has 1 unspecified atom stereocenters. The highest BCUT2D eigenvalue weighted by Crippen LogP contribution is 2.24. The highest BCUT2D eigenvalue weighted by molar-refractivity contribution is 5.41. The summed E-state index contributed by atoms with van der Waals surface area (Å²) in [5.74, 6) is 1.65. The molecular formula is C17H29NO2. The zero-order chi connectivity index (χ0) is 15.0. The van der Waals surface area contributed by atoms with Crippen LogP contribution in [0.5, 0.6) is 5.75 Å². The number of ether oxygens (including phenoxy) is 2. The van der Waals surface area contributed by atoms with Crippen LogP contribution < -0.4 is 10.5 Å². The smallest absolute Gasteiger partial charge is 0.125 e. The van der Waals surface area contributed by atoms with E-state index in [1.807, 2.05) is 6.92 Å². The van der Waals surface area contributed by atoms with Crippen molar-refractivity contribution in [3.8, 4) is 5.75 Å². The van der Waals surface area contributed by atoms with Gasteiger partial charge in [-0.25, -0.2) is 0 Å². The molecule has 0 fully saturated rings. The van der Waals surface area contributed by atoms with Crippen LogP contribution in [0.2, 0.25) is 0 Å². The van der Waals surface area contributed by atoms with Crippen molar-refractivity contribution in [1.29, 1.82) is 0 Å². The third-order valence-electron chi connectivity index (χ3n) is 3.15. The summed E-state index contributed by atoms with van der Waals surface area (Å²) in [6.45, 7) is 10.5. The molecule has 20 heavy (non-hydrogen) atoms. The fraction of sp³-hybridized carbons (Fsp3) is 0.647. The standard InChI is InChI=1S/C17H29NO2/c1-13(2)8-9-19-10-11-20-17-14(3)6-5-7-16(17)12-15(4)18/h5-7,13,15H,8-12,18H2,1-4H3. The summed E-state index contributed by atoms with van der Waals surface area (Å²) >= 11 is 0. The first-order valence-electron chi connectivity index (χ1n) is 7.55. The van der Waals surface area contributed by atoms with Gasteiger partial charge in [0.1, 0.15) is 12.4 Å². The van der Waals surface area contributed by atoms with Crippen LogP contribution >= 0.6 is 0 Å². The maximum absolute atomic E-state index is 5.90. The van der Waals surface area contributed by atoms with Crippen LogP contribution in [0.4, 0.5) is 0 Å². The molecule has 2 N–H and O–H groups in total. The Balaban J connectivity index is 2.42. The average molecular weight is 279 g/mol. The van der Waals surface area contributed by atoms with E-state index in [9.17, 15) is 0 Å². The van der Waals surface area contributed by atoms with Crippen molar-refractivity contribution in [2.24, 2.45) is 11.7 Å². The lowest BCUT2D eigenvalue weighted by atomic mass is 10.0. The molecule has 0 aromatic heterocycles. The molecule has 0 bridgehead atoms. The molecule has 0 saturated carbocycles. The minimum absolute atomic E-state index is 0.140. The van der Waals surface area contributed by atoms with Gasteiger partial charge in [0.2, 0.25) is 0 Å². The van der Waals surface area contributed by atoms with Gasteiger partial charge in [0.05, 0.1) is 6.61 Å². The lowest BCUT2D eigenvalue weighted by molar-refractivity contribution is 0.0920. The van der Waals surface area contributed by atoms with Crippen molar-refractivity contribution in [1.82, 2.24) is 0 Å². The average Bonchev–Trinajstić information content (AvgIpc) is 2.35. The van der Waals surface area contributed by atoms with Gasteiger partial charge in [0, 0.05) is 12.6 Å². The minimum Gasteiger partial charge on any atom is -0.491 e. The predicted octanol–water partition coefficient (Wildman–Crippen LogP) is 3.33. The Bertz CT molecular complexity index is 389.